The van der Waals surface area contributed by atoms with Crippen LogP contribution in [0.4, 0.5) is 0 Å². The molecule has 1 aromatic heterocycles. The summed E-state index contributed by atoms with van der Waals surface area (Å²) in [7, 11) is 0. The Labute approximate surface area is 100 Å². The zero-order valence-electron chi connectivity index (χ0n) is 9.82. The van der Waals surface area contributed by atoms with E-state index < -0.39 is 0 Å². The summed E-state index contributed by atoms with van der Waals surface area (Å²) < 4.78 is 0. The zero-order valence-corrected chi connectivity index (χ0v) is 10.6. The van der Waals surface area contributed by atoms with Crippen molar-refractivity contribution in [1.29, 1.82) is 0 Å². The fraction of sp³-hybridized carbons (Fsp3) is 0.636. The van der Waals surface area contributed by atoms with Crippen LogP contribution in [0.3, 0.4) is 0 Å². The molecule has 0 fully saturated rings. The van der Waals surface area contributed by atoms with Crippen LogP contribution in [0.5, 0.6) is 0 Å². The number of aromatic nitrogens is 1. The zero-order chi connectivity index (χ0) is 12.0. The van der Waals surface area contributed by atoms with Gasteiger partial charge in [-0.25, -0.2) is 4.98 Å². The van der Waals surface area contributed by atoms with Crippen LogP contribution >= 0.6 is 11.3 Å². The van der Waals surface area contributed by atoms with Crippen LogP contribution in [-0.4, -0.2) is 24.0 Å². The molecule has 0 saturated carbocycles. The van der Waals surface area contributed by atoms with Gasteiger partial charge in [-0.3, -0.25) is 4.79 Å². The third kappa shape index (κ3) is 4.72. The Bertz CT molecular complexity index is 338. The van der Waals surface area contributed by atoms with Crippen LogP contribution in [0.25, 0.3) is 0 Å². The Morgan fingerprint density at radius 2 is 2.44 bits per heavy atom. The summed E-state index contributed by atoms with van der Waals surface area (Å²) >= 11 is 1.64. The maximum Gasteiger partial charge on any atom is 0.220 e. The standard InChI is InChI=1S/C11H19N3OS/c1-8(6-12)5-10(15)13-4-3-11-14-9(2)7-16-11/h7-8H,3-6,12H2,1-2H3,(H,13,15). The van der Waals surface area contributed by atoms with Gasteiger partial charge in [-0.1, -0.05) is 6.92 Å². The fourth-order valence-corrected chi connectivity index (χ4v) is 2.07. The van der Waals surface area contributed by atoms with Crippen LogP contribution in [-0.2, 0) is 11.2 Å². The van der Waals surface area contributed by atoms with Crippen LogP contribution in [0.1, 0.15) is 24.0 Å². The van der Waals surface area contributed by atoms with Gasteiger partial charge in [0.15, 0.2) is 0 Å². The lowest BCUT2D eigenvalue weighted by atomic mass is 10.1. The van der Waals surface area contributed by atoms with Gasteiger partial charge in [0.25, 0.3) is 0 Å². The van der Waals surface area contributed by atoms with E-state index in [0.717, 1.165) is 17.1 Å². The lowest BCUT2D eigenvalue weighted by molar-refractivity contribution is -0.121. The van der Waals surface area contributed by atoms with Gasteiger partial charge in [-0.05, 0) is 19.4 Å². The molecule has 4 nitrogen and oxygen atoms in total. The number of nitrogens with two attached hydrogens (primary N) is 1. The predicted octanol–water partition coefficient (Wildman–Crippen LogP) is 1.10. The SMILES string of the molecule is Cc1csc(CCNC(=O)CC(C)CN)n1. The third-order valence-electron chi connectivity index (χ3n) is 2.26. The number of nitrogens with one attached hydrogen (secondary N) is 1. The third-order valence-corrected chi connectivity index (χ3v) is 3.29. The molecule has 0 aliphatic rings. The summed E-state index contributed by atoms with van der Waals surface area (Å²) in [5, 5.41) is 5.97. The van der Waals surface area contributed by atoms with Crippen molar-refractivity contribution in [2.75, 3.05) is 13.1 Å². The highest BCUT2D eigenvalue weighted by Crippen LogP contribution is 2.08. The topological polar surface area (TPSA) is 68.0 Å². The minimum atomic E-state index is 0.0752. The number of hydrogen-bond donors (Lipinski definition) is 2. The first-order chi connectivity index (χ1) is 7.61. The second kappa shape index (κ2) is 6.60. The highest BCUT2D eigenvalue weighted by atomic mass is 32.1. The van der Waals surface area contributed by atoms with Crippen LogP contribution in [0.2, 0.25) is 0 Å². The first-order valence-electron chi connectivity index (χ1n) is 5.49. The Balaban J connectivity index is 2.18. The molecule has 0 saturated heterocycles. The van der Waals surface area contributed by atoms with E-state index in [1.807, 2.05) is 19.2 Å². The highest BCUT2D eigenvalue weighted by molar-refractivity contribution is 7.09. The van der Waals surface area contributed by atoms with E-state index in [1.165, 1.54) is 0 Å². The summed E-state index contributed by atoms with van der Waals surface area (Å²) in [6.07, 6.45) is 1.31. The highest BCUT2D eigenvalue weighted by Gasteiger charge is 2.07. The minimum Gasteiger partial charge on any atom is -0.356 e. The van der Waals surface area contributed by atoms with Crippen molar-refractivity contribution in [2.45, 2.75) is 26.7 Å². The van der Waals surface area contributed by atoms with Crippen molar-refractivity contribution >= 4 is 17.2 Å². The first kappa shape index (κ1) is 13.1. The smallest absolute Gasteiger partial charge is 0.220 e. The van der Waals surface area contributed by atoms with Crippen molar-refractivity contribution in [1.82, 2.24) is 10.3 Å². The normalized spacial score (nSPS) is 12.4. The molecule has 0 aromatic carbocycles. The Hall–Kier alpha value is -0.940. The number of amides is 1. The maximum absolute atomic E-state index is 11.4. The van der Waals surface area contributed by atoms with E-state index in [9.17, 15) is 4.79 Å². The Morgan fingerprint density at radius 1 is 1.69 bits per heavy atom. The van der Waals surface area contributed by atoms with Crippen molar-refractivity contribution in [3.8, 4) is 0 Å². The quantitative estimate of drug-likeness (QED) is 0.783. The lowest BCUT2D eigenvalue weighted by Gasteiger charge is -2.08. The number of aryl methyl sites for hydroxylation is 1. The molecule has 1 heterocycles. The summed E-state index contributed by atoms with van der Waals surface area (Å²) in [4.78, 5) is 15.8. The molecule has 5 heteroatoms. The van der Waals surface area contributed by atoms with Crippen LogP contribution < -0.4 is 11.1 Å². The molecule has 90 valence electrons. The molecule has 0 spiro atoms. The monoisotopic (exact) mass is 241 g/mol. The van der Waals surface area contributed by atoms with Crippen molar-refractivity contribution in [3.05, 3.63) is 16.1 Å². The van der Waals surface area contributed by atoms with Gasteiger partial charge in [0.1, 0.15) is 0 Å². The van der Waals surface area contributed by atoms with Gasteiger partial charge in [-0.2, -0.15) is 0 Å². The van der Waals surface area contributed by atoms with E-state index in [-0.39, 0.29) is 11.8 Å². The summed E-state index contributed by atoms with van der Waals surface area (Å²) in [6.45, 7) is 5.16. The molecule has 1 amide bonds. The van der Waals surface area contributed by atoms with Gasteiger partial charge in [0.05, 0.1) is 5.01 Å². The van der Waals surface area contributed by atoms with Gasteiger partial charge in [0.2, 0.25) is 5.91 Å². The summed E-state index contributed by atoms with van der Waals surface area (Å²) in [5.41, 5.74) is 6.50. The molecular weight excluding hydrogens is 222 g/mol. The predicted molar refractivity (Wildman–Crippen MR) is 66.4 cm³/mol. The van der Waals surface area contributed by atoms with Gasteiger partial charge < -0.3 is 11.1 Å². The molecule has 3 N–H and O–H groups in total. The molecule has 1 atom stereocenters. The number of rotatable bonds is 6. The number of nitrogens with zero attached hydrogens (tertiary/aromatic N) is 1. The molecule has 16 heavy (non-hydrogen) atoms. The van der Waals surface area contributed by atoms with Crippen molar-refractivity contribution in [2.24, 2.45) is 11.7 Å². The minimum absolute atomic E-state index is 0.0752. The van der Waals surface area contributed by atoms with E-state index in [2.05, 4.69) is 10.3 Å². The van der Waals surface area contributed by atoms with Crippen molar-refractivity contribution < 1.29 is 4.79 Å². The lowest BCUT2D eigenvalue weighted by Crippen LogP contribution is -2.28. The molecule has 1 rings (SSSR count). The number of carbonyl (C=O) groups is 1. The molecule has 1 aromatic rings. The van der Waals surface area contributed by atoms with Crippen LogP contribution in [0, 0.1) is 12.8 Å². The molecule has 0 bridgehead atoms. The molecule has 1 unspecified atom stereocenters. The average Bonchev–Trinajstić information content (AvgIpc) is 2.64. The van der Waals surface area contributed by atoms with E-state index in [1.54, 1.807) is 11.3 Å². The second-order valence-electron chi connectivity index (χ2n) is 4.03. The Morgan fingerprint density at radius 3 is 3.00 bits per heavy atom. The van der Waals surface area contributed by atoms with Crippen LogP contribution in [0.15, 0.2) is 5.38 Å². The molecular formula is C11H19N3OS. The number of carbonyl (C=O) groups excluding carboxylic acids is 1. The number of thiazole rings is 1. The summed E-state index contributed by atoms with van der Waals surface area (Å²) in [5.74, 6) is 0.327. The first-order valence-corrected chi connectivity index (χ1v) is 6.37. The molecule has 0 radical (unpaired) electrons. The number of hydrogen-bond acceptors (Lipinski definition) is 4. The Kier molecular flexibility index (Phi) is 5.42. The van der Waals surface area contributed by atoms with E-state index in [4.69, 9.17) is 5.73 Å². The average molecular weight is 241 g/mol. The van der Waals surface area contributed by atoms with Gasteiger partial charge >= 0.3 is 0 Å². The van der Waals surface area contributed by atoms with Gasteiger partial charge in [0, 0.05) is 30.5 Å². The molecule has 0 aliphatic heterocycles. The maximum atomic E-state index is 11.4. The van der Waals surface area contributed by atoms with Gasteiger partial charge in [-0.15, -0.1) is 11.3 Å². The molecule has 0 aliphatic carbocycles. The summed E-state index contributed by atoms with van der Waals surface area (Å²) in [6, 6.07) is 0. The fourth-order valence-electron chi connectivity index (χ4n) is 1.30. The van der Waals surface area contributed by atoms with Crippen molar-refractivity contribution in [3.63, 3.8) is 0 Å². The van der Waals surface area contributed by atoms with E-state index in [0.29, 0.717) is 19.5 Å². The largest absolute Gasteiger partial charge is 0.356 e. The second-order valence-corrected chi connectivity index (χ2v) is 4.97. The van der Waals surface area contributed by atoms with E-state index >= 15 is 0 Å².